The molecule has 0 saturated carbocycles. The van der Waals surface area contributed by atoms with Crippen LogP contribution in [0.4, 0.5) is 0 Å². The van der Waals surface area contributed by atoms with Crippen LogP contribution in [0, 0.1) is 6.92 Å². The molecule has 0 aliphatic carbocycles. The highest BCUT2D eigenvalue weighted by molar-refractivity contribution is 5.93. The molecule has 1 aromatic heterocycles. The fourth-order valence-corrected chi connectivity index (χ4v) is 2.40. The lowest BCUT2D eigenvalue weighted by Gasteiger charge is -2.18. The maximum atomic E-state index is 12.5. The molecule has 5 heteroatoms. The van der Waals surface area contributed by atoms with Gasteiger partial charge in [0.05, 0.1) is 6.10 Å². The highest BCUT2D eigenvalue weighted by atomic mass is 16.4. The molecule has 0 spiro atoms. The molecule has 22 heavy (non-hydrogen) atoms. The van der Waals surface area contributed by atoms with Crippen LogP contribution in [0.5, 0.6) is 0 Å². The molecule has 0 aliphatic rings. The van der Waals surface area contributed by atoms with Crippen molar-refractivity contribution in [3.05, 3.63) is 53.2 Å². The summed E-state index contributed by atoms with van der Waals surface area (Å²) in [5.41, 5.74) is 1.09. The first-order chi connectivity index (χ1) is 10.6. The Labute approximate surface area is 130 Å². The van der Waals surface area contributed by atoms with Gasteiger partial charge in [0, 0.05) is 26.4 Å². The lowest BCUT2D eigenvalue weighted by molar-refractivity contribution is 0.0764. The number of aromatic nitrogens is 1. The van der Waals surface area contributed by atoms with E-state index in [-0.39, 0.29) is 12.3 Å². The molecule has 1 N–H and O–H groups in total. The summed E-state index contributed by atoms with van der Waals surface area (Å²) < 4.78 is 5.55. The zero-order chi connectivity index (χ0) is 16.1. The van der Waals surface area contributed by atoms with Crippen LogP contribution >= 0.6 is 0 Å². The van der Waals surface area contributed by atoms with Gasteiger partial charge in [-0.15, -0.1) is 0 Å². The quantitative estimate of drug-likeness (QED) is 0.891. The molecule has 1 atom stereocenters. The van der Waals surface area contributed by atoms with Crippen molar-refractivity contribution in [3.8, 4) is 0 Å². The Bertz CT molecular complexity index is 618. The van der Waals surface area contributed by atoms with E-state index in [1.165, 1.54) is 0 Å². The van der Waals surface area contributed by atoms with Crippen molar-refractivity contribution in [2.75, 3.05) is 13.1 Å². The third-order valence-corrected chi connectivity index (χ3v) is 3.62. The van der Waals surface area contributed by atoms with E-state index in [1.54, 1.807) is 11.8 Å². The van der Waals surface area contributed by atoms with E-state index < -0.39 is 6.10 Å². The highest BCUT2D eigenvalue weighted by Gasteiger charge is 2.24. The molecule has 0 fully saturated rings. The van der Waals surface area contributed by atoms with Gasteiger partial charge < -0.3 is 14.4 Å². The summed E-state index contributed by atoms with van der Waals surface area (Å²) in [5.74, 6) is 0.716. The van der Waals surface area contributed by atoms with E-state index in [4.69, 9.17) is 4.42 Å². The van der Waals surface area contributed by atoms with E-state index in [0.717, 1.165) is 5.56 Å². The van der Waals surface area contributed by atoms with Gasteiger partial charge in [0.2, 0.25) is 0 Å². The molecule has 1 amide bonds. The molecule has 1 unspecified atom stereocenters. The number of nitrogens with zero attached hydrogens (tertiary/aromatic N) is 2. The third-order valence-electron chi connectivity index (χ3n) is 3.62. The fraction of sp³-hybridized carbons (Fsp3) is 0.412. The minimum Gasteiger partial charge on any atom is -0.445 e. The number of aliphatic hydroxyl groups excluding tert-OH is 1. The minimum absolute atomic E-state index is 0.155. The number of carbonyl (C=O) groups excluding carboxylic acids is 1. The van der Waals surface area contributed by atoms with Gasteiger partial charge >= 0.3 is 0 Å². The van der Waals surface area contributed by atoms with Crippen LogP contribution in [0.15, 0.2) is 34.7 Å². The third kappa shape index (κ3) is 3.54. The van der Waals surface area contributed by atoms with Gasteiger partial charge in [0.15, 0.2) is 11.6 Å². The Hall–Kier alpha value is -2.14. The van der Waals surface area contributed by atoms with Gasteiger partial charge in [-0.05, 0) is 19.4 Å². The van der Waals surface area contributed by atoms with Crippen molar-refractivity contribution in [1.29, 1.82) is 0 Å². The first-order valence-corrected chi connectivity index (χ1v) is 7.55. The maximum absolute atomic E-state index is 12.5. The topological polar surface area (TPSA) is 66.6 Å². The normalized spacial score (nSPS) is 12.2. The molecule has 0 aliphatic heterocycles. The summed E-state index contributed by atoms with van der Waals surface area (Å²) in [7, 11) is 0. The first kappa shape index (κ1) is 16.2. The number of amides is 1. The van der Waals surface area contributed by atoms with Crippen molar-refractivity contribution < 1.29 is 14.3 Å². The molecule has 118 valence electrons. The minimum atomic E-state index is -0.725. The van der Waals surface area contributed by atoms with Gasteiger partial charge in [-0.3, -0.25) is 4.79 Å². The number of aryl methyl sites for hydroxylation is 1. The van der Waals surface area contributed by atoms with Crippen molar-refractivity contribution in [2.24, 2.45) is 0 Å². The molecule has 2 aromatic rings. The number of hydrogen-bond acceptors (Lipinski definition) is 4. The largest absolute Gasteiger partial charge is 0.445 e. The number of carbonyl (C=O) groups is 1. The van der Waals surface area contributed by atoms with Crippen molar-refractivity contribution >= 4 is 5.91 Å². The lowest BCUT2D eigenvalue weighted by Crippen LogP contribution is -2.31. The van der Waals surface area contributed by atoms with Crippen LogP contribution in [0.2, 0.25) is 0 Å². The number of hydrogen-bond donors (Lipinski definition) is 1. The van der Waals surface area contributed by atoms with Crippen LogP contribution in [0.3, 0.4) is 0 Å². The standard InChI is InChI=1S/C17H22N2O3/c1-4-19(5-2)17(21)16-15(22-12(3)18-16)11-14(20)13-9-7-6-8-10-13/h6-10,14,20H,4-5,11H2,1-3H3. The molecule has 2 rings (SSSR count). The highest BCUT2D eigenvalue weighted by Crippen LogP contribution is 2.22. The van der Waals surface area contributed by atoms with Crippen molar-refractivity contribution in [1.82, 2.24) is 9.88 Å². The van der Waals surface area contributed by atoms with Crippen LogP contribution < -0.4 is 0 Å². The molecular formula is C17H22N2O3. The van der Waals surface area contributed by atoms with E-state index in [9.17, 15) is 9.90 Å². The number of benzene rings is 1. The van der Waals surface area contributed by atoms with Crippen LogP contribution in [-0.4, -0.2) is 34.0 Å². The Morgan fingerprint density at radius 1 is 1.27 bits per heavy atom. The zero-order valence-corrected chi connectivity index (χ0v) is 13.2. The molecule has 5 nitrogen and oxygen atoms in total. The van der Waals surface area contributed by atoms with Crippen molar-refractivity contribution in [2.45, 2.75) is 33.3 Å². The van der Waals surface area contributed by atoms with Gasteiger partial charge in [0.25, 0.3) is 5.91 Å². The molecule has 0 radical (unpaired) electrons. The summed E-state index contributed by atoms with van der Waals surface area (Å²) in [6.45, 7) is 6.78. The van der Waals surface area contributed by atoms with Crippen LogP contribution in [-0.2, 0) is 6.42 Å². The lowest BCUT2D eigenvalue weighted by atomic mass is 10.0. The molecule has 1 aromatic carbocycles. The summed E-state index contributed by atoms with van der Waals surface area (Å²) in [5, 5.41) is 10.3. The second-order valence-corrected chi connectivity index (χ2v) is 5.11. The summed E-state index contributed by atoms with van der Waals surface area (Å²) >= 11 is 0. The van der Waals surface area contributed by atoms with Gasteiger partial charge in [-0.2, -0.15) is 0 Å². The smallest absolute Gasteiger partial charge is 0.276 e. The van der Waals surface area contributed by atoms with E-state index in [0.29, 0.717) is 30.4 Å². The molecular weight excluding hydrogens is 280 g/mol. The summed E-state index contributed by atoms with van der Waals surface area (Å²) in [4.78, 5) is 18.4. The van der Waals surface area contributed by atoms with Crippen LogP contribution in [0.25, 0.3) is 0 Å². The predicted octanol–water partition coefficient (Wildman–Crippen LogP) is 2.74. The van der Waals surface area contributed by atoms with Gasteiger partial charge in [-0.25, -0.2) is 4.98 Å². The van der Waals surface area contributed by atoms with Crippen LogP contribution in [0.1, 0.15) is 47.7 Å². The predicted molar refractivity (Wildman–Crippen MR) is 83.6 cm³/mol. The molecule has 0 bridgehead atoms. The Balaban J connectivity index is 2.23. The number of aliphatic hydroxyl groups is 1. The fourth-order valence-electron chi connectivity index (χ4n) is 2.40. The maximum Gasteiger partial charge on any atom is 0.276 e. The van der Waals surface area contributed by atoms with Gasteiger partial charge in [0.1, 0.15) is 5.76 Å². The first-order valence-electron chi connectivity index (χ1n) is 7.55. The number of oxazole rings is 1. The molecule has 1 heterocycles. The Kier molecular flexibility index (Phi) is 5.33. The van der Waals surface area contributed by atoms with E-state index in [2.05, 4.69) is 4.98 Å². The average Bonchev–Trinajstić information content (AvgIpc) is 2.89. The summed E-state index contributed by atoms with van der Waals surface area (Å²) in [6, 6.07) is 9.32. The number of rotatable bonds is 6. The second-order valence-electron chi connectivity index (χ2n) is 5.11. The van der Waals surface area contributed by atoms with E-state index >= 15 is 0 Å². The van der Waals surface area contributed by atoms with E-state index in [1.807, 2.05) is 44.2 Å². The van der Waals surface area contributed by atoms with Gasteiger partial charge in [-0.1, -0.05) is 30.3 Å². The average molecular weight is 302 g/mol. The Morgan fingerprint density at radius 3 is 2.50 bits per heavy atom. The monoisotopic (exact) mass is 302 g/mol. The zero-order valence-electron chi connectivity index (χ0n) is 13.2. The van der Waals surface area contributed by atoms with Crippen molar-refractivity contribution in [3.63, 3.8) is 0 Å². The SMILES string of the molecule is CCN(CC)C(=O)c1nc(C)oc1CC(O)c1ccccc1. The molecule has 0 saturated heterocycles. The summed E-state index contributed by atoms with van der Waals surface area (Å²) in [6.07, 6.45) is -0.496. The second kappa shape index (κ2) is 7.22. The Morgan fingerprint density at radius 2 is 1.91 bits per heavy atom.